The van der Waals surface area contributed by atoms with Crippen molar-refractivity contribution in [1.29, 1.82) is 0 Å². The topological polar surface area (TPSA) is 92.6 Å². The summed E-state index contributed by atoms with van der Waals surface area (Å²) in [6, 6.07) is 19.0. The second kappa shape index (κ2) is 8.39. The molecule has 0 aromatic heterocycles. The Balaban J connectivity index is 1.54. The molecule has 0 saturated heterocycles. The van der Waals surface area contributed by atoms with Crippen LogP contribution in [-0.4, -0.2) is 23.3 Å². The molecule has 7 heteroatoms. The highest BCUT2D eigenvalue weighted by Gasteiger charge is 2.24. The van der Waals surface area contributed by atoms with E-state index in [0.29, 0.717) is 28.9 Å². The predicted molar refractivity (Wildman–Crippen MR) is 119 cm³/mol. The van der Waals surface area contributed by atoms with Crippen LogP contribution >= 0.6 is 0 Å². The number of carbonyl (C=O) groups is 2. The number of amides is 2. The molecule has 0 radical (unpaired) electrons. The molecule has 1 aliphatic rings. The van der Waals surface area contributed by atoms with Crippen molar-refractivity contribution in [3.05, 3.63) is 99.1 Å². The normalized spacial score (nSPS) is 12.7. The summed E-state index contributed by atoms with van der Waals surface area (Å²) >= 11 is 0. The van der Waals surface area contributed by atoms with Crippen LogP contribution in [0.4, 0.5) is 17.1 Å². The fraction of sp³-hybridized carbons (Fsp3) is 0.167. The summed E-state index contributed by atoms with van der Waals surface area (Å²) in [5.74, 6) is -0.384. The number of carbonyl (C=O) groups excluding carboxylic acids is 2. The highest BCUT2D eigenvalue weighted by molar-refractivity contribution is 6.07. The number of hydrogen-bond donors (Lipinski definition) is 1. The van der Waals surface area contributed by atoms with E-state index in [1.807, 2.05) is 30.3 Å². The van der Waals surface area contributed by atoms with Crippen molar-refractivity contribution in [3.63, 3.8) is 0 Å². The molecule has 31 heavy (non-hydrogen) atoms. The highest BCUT2D eigenvalue weighted by atomic mass is 16.6. The maximum Gasteiger partial charge on any atom is 0.272 e. The molecule has 0 atom stereocenters. The third-order valence-corrected chi connectivity index (χ3v) is 5.38. The SMILES string of the molecule is Cc1cc(C(=O)Nc2ccc3c(c2)CCCN3C(=O)c2ccccc2)ccc1[N+](=O)[O-]. The Labute approximate surface area is 179 Å². The Hall–Kier alpha value is -4.00. The van der Waals surface area contributed by atoms with Crippen molar-refractivity contribution in [2.24, 2.45) is 0 Å². The van der Waals surface area contributed by atoms with Gasteiger partial charge in [0, 0.05) is 40.7 Å². The van der Waals surface area contributed by atoms with E-state index in [1.54, 1.807) is 30.0 Å². The van der Waals surface area contributed by atoms with E-state index in [9.17, 15) is 19.7 Å². The summed E-state index contributed by atoms with van der Waals surface area (Å²) in [5.41, 5.74) is 3.86. The minimum atomic E-state index is -0.469. The fourth-order valence-electron chi connectivity index (χ4n) is 3.83. The van der Waals surface area contributed by atoms with Crippen LogP contribution < -0.4 is 10.2 Å². The van der Waals surface area contributed by atoms with Crippen molar-refractivity contribution < 1.29 is 14.5 Å². The van der Waals surface area contributed by atoms with E-state index in [0.717, 1.165) is 24.1 Å². The molecule has 2 amide bonds. The van der Waals surface area contributed by atoms with Gasteiger partial charge in [0.1, 0.15) is 0 Å². The first-order valence-electron chi connectivity index (χ1n) is 10.0. The van der Waals surface area contributed by atoms with Crippen LogP contribution in [0.5, 0.6) is 0 Å². The van der Waals surface area contributed by atoms with E-state index in [4.69, 9.17) is 0 Å². The average molecular weight is 415 g/mol. The van der Waals surface area contributed by atoms with Gasteiger partial charge in [-0.15, -0.1) is 0 Å². The summed E-state index contributed by atoms with van der Waals surface area (Å²) in [6.07, 6.45) is 1.65. The third kappa shape index (κ3) is 4.16. The van der Waals surface area contributed by atoms with Crippen LogP contribution in [0, 0.1) is 17.0 Å². The van der Waals surface area contributed by atoms with Gasteiger partial charge in [-0.3, -0.25) is 19.7 Å². The number of nitrogens with one attached hydrogen (secondary N) is 1. The second-order valence-electron chi connectivity index (χ2n) is 7.48. The Bertz CT molecular complexity index is 1170. The van der Waals surface area contributed by atoms with Gasteiger partial charge in [-0.1, -0.05) is 18.2 Å². The summed E-state index contributed by atoms with van der Waals surface area (Å²) in [6.45, 7) is 2.25. The van der Waals surface area contributed by atoms with E-state index < -0.39 is 4.92 Å². The number of nitro benzene ring substituents is 1. The van der Waals surface area contributed by atoms with Crippen molar-refractivity contribution >= 4 is 28.9 Å². The smallest absolute Gasteiger partial charge is 0.272 e. The average Bonchev–Trinajstić information content (AvgIpc) is 2.78. The lowest BCUT2D eigenvalue weighted by Crippen LogP contribution is -2.35. The third-order valence-electron chi connectivity index (χ3n) is 5.38. The first kappa shape index (κ1) is 20.3. The van der Waals surface area contributed by atoms with Crippen molar-refractivity contribution in [1.82, 2.24) is 0 Å². The summed E-state index contributed by atoms with van der Waals surface area (Å²) in [4.78, 5) is 37.8. The first-order valence-corrected chi connectivity index (χ1v) is 10.0. The summed E-state index contributed by atoms with van der Waals surface area (Å²) in [7, 11) is 0. The zero-order valence-electron chi connectivity index (χ0n) is 17.0. The number of nitrogens with zero attached hydrogens (tertiary/aromatic N) is 2. The van der Waals surface area contributed by atoms with E-state index >= 15 is 0 Å². The van der Waals surface area contributed by atoms with Gasteiger partial charge < -0.3 is 10.2 Å². The number of anilines is 2. The molecule has 0 unspecified atom stereocenters. The molecule has 7 nitrogen and oxygen atoms in total. The van der Waals surface area contributed by atoms with Crippen LogP contribution in [0.3, 0.4) is 0 Å². The molecular formula is C24H21N3O4. The number of aryl methyl sites for hydroxylation is 2. The molecular weight excluding hydrogens is 394 g/mol. The van der Waals surface area contributed by atoms with Gasteiger partial charge in [0.2, 0.25) is 0 Å². The Morgan fingerprint density at radius 3 is 2.48 bits per heavy atom. The monoisotopic (exact) mass is 415 g/mol. The van der Waals surface area contributed by atoms with Crippen LogP contribution in [0.25, 0.3) is 0 Å². The van der Waals surface area contributed by atoms with E-state index in [2.05, 4.69) is 5.32 Å². The van der Waals surface area contributed by atoms with Gasteiger partial charge in [0.05, 0.1) is 4.92 Å². The molecule has 0 saturated carbocycles. The summed E-state index contributed by atoms with van der Waals surface area (Å²) in [5, 5.41) is 13.8. The zero-order valence-corrected chi connectivity index (χ0v) is 17.0. The largest absolute Gasteiger partial charge is 0.322 e. The first-order chi connectivity index (χ1) is 14.9. The lowest BCUT2D eigenvalue weighted by Gasteiger charge is -2.30. The maximum atomic E-state index is 12.9. The van der Waals surface area contributed by atoms with Crippen molar-refractivity contribution in [3.8, 4) is 0 Å². The number of fused-ring (bicyclic) bond motifs is 1. The molecule has 1 heterocycles. The van der Waals surface area contributed by atoms with Crippen LogP contribution in [0.2, 0.25) is 0 Å². The van der Waals surface area contributed by atoms with Crippen LogP contribution in [-0.2, 0) is 6.42 Å². The Kier molecular flexibility index (Phi) is 5.49. The molecule has 0 spiro atoms. The van der Waals surface area contributed by atoms with E-state index in [1.165, 1.54) is 18.2 Å². The number of nitro groups is 1. The van der Waals surface area contributed by atoms with Crippen LogP contribution in [0.15, 0.2) is 66.7 Å². The standard InChI is InChI=1S/C24H21N3O4/c1-16-14-19(9-11-21(16)27(30)31)23(28)25-20-10-12-22-18(15-20)8-5-13-26(22)24(29)17-6-3-2-4-7-17/h2-4,6-7,9-12,14-15H,5,8,13H2,1H3,(H,25,28). The van der Waals surface area contributed by atoms with Crippen molar-refractivity contribution in [2.45, 2.75) is 19.8 Å². The highest BCUT2D eigenvalue weighted by Crippen LogP contribution is 2.31. The Morgan fingerprint density at radius 1 is 1.00 bits per heavy atom. The molecule has 1 N–H and O–H groups in total. The maximum absolute atomic E-state index is 12.9. The van der Waals surface area contributed by atoms with Gasteiger partial charge in [-0.25, -0.2) is 0 Å². The van der Waals surface area contributed by atoms with Gasteiger partial charge in [-0.05, 0) is 67.8 Å². The minimum absolute atomic E-state index is 0.0199. The molecule has 0 fully saturated rings. The minimum Gasteiger partial charge on any atom is -0.322 e. The van der Waals surface area contributed by atoms with Gasteiger partial charge in [0.15, 0.2) is 0 Å². The molecule has 4 rings (SSSR count). The lowest BCUT2D eigenvalue weighted by atomic mass is 9.99. The number of hydrogen-bond acceptors (Lipinski definition) is 4. The molecule has 0 bridgehead atoms. The lowest BCUT2D eigenvalue weighted by molar-refractivity contribution is -0.385. The molecule has 1 aliphatic heterocycles. The van der Waals surface area contributed by atoms with Gasteiger partial charge in [0.25, 0.3) is 17.5 Å². The molecule has 0 aliphatic carbocycles. The predicted octanol–water partition coefficient (Wildman–Crippen LogP) is 4.75. The van der Waals surface area contributed by atoms with Gasteiger partial charge >= 0.3 is 0 Å². The van der Waals surface area contributed by atoms with Crippen molar-refractivity contribution in [2.75, 3.05) is 16.8 Å². The fourth-order valence-corrected chi connectivity index (χ4v) is 3.83. The number of rotatable bonds is 4. The van der Waals surface area contributed by atoms with E-state index in [-0.39, 0.29) is 17.5 Å². The quantitative estimate of drug-likeness (QED) is 0.492. The Morgan fingerprint density at radius 2 is 1.77 bits per heavy atom. The molecule has 3 aromatic rings. The zero-order chi connectivity index (χ0) is 22.0. The molecule has 156 valence electrons. The summed E-state index contributed by atoms with van der Waals surface area (Å²) < 4.78 is 0. The van der Waals surface area contributed by atoms with Gasteiger partial charge in [-0.2, -0.15) is 0 Å². The second-order valence-corrected chi connectivity index (χ2v) is 7.48. The molecule has 3 aromatic carbocycles. The van der Waals surface area contributed by atoms with Crippen LogP contribution in [0.1, 0.15) is 38.3 Å². The number of benzene rings is 3.